The first-order chi connectivity index (χ1) is 15.6. The first-order valence-corrected chi connectivity index (χ1v) is 10.8. The zero-order chi connectivity index (χ0) is 23.6. The number of hydrogen-bond donors (Lipinski definition) is 1. The van der Waals surface area contributed by atoms with Crippen LogP contribution in [0.5, 0.6) is 5.88 Å². The van der Waals surface area contributed by atoms with Crippen LogP contribution < -0.4 is 9.46 Å². The molecule has 0 fully saturated rings. The number of rotatable bonds is 6. The quantitative estimate of drug-likeness (QED) is 0.406. The van der Waals surface area contributed by atoms with Gasteiger partial charge in [-0.25, -0.2) is 22.8 Å². The molecule has 0 amide bonds. The lowest BCUT2D eigenvalue weighted by molar-refractivity contribution is -0.198. The third kappa shape index (κ3) is 4.85. The van der Waals surface area contributed by atoms with E-state index in [2.05, 4.69) is 15.0 Å². The van der Waals surface area contributed by atoms with E-state index in [1.807, 2.05) is 4.72 Å². The number of benzene rings is 2. The standard InChI is InChI=1S/C21H14F4N4O3S/c22-14-7-1-4-10-17(14)33(30,31)29-19-20(28-16-9-3-2-8-15(16)27-19)32-18(21(23,24)25)13-6-5-11-26-12-13/h1-12,18H,(H,27,29). The number of alkyl halides is 3. The third-order valence-corrected chi connectivity index (χ3v) is 5.78. The number of fused-ring (bicyclic) bond motifs is 1. The molecule has 2 heterocycles. The highest BCUT2D eigenvalue weighted by atomic mass is 32.2. The van der Waals surface area contributed by atoms with E-state index in [0.717, 1.165) is 24.4 Å². The van der Waals surface area contributed by atoms with Crippen LogP contribution in [0.1, 0.15) is 11.7 Å². The van der Waals surface area contributed by atoms with Crippen molar-refractivity contribution in [1.82, 2.24) is 15.0 Å². The lowest BCUT2D eigenvalue weighted by atomic mass is 10.1. The highest BCUT2D eigenvalue weighted by Gasteiger charge is 2.44. The fourth-order valence-corrected chi connectivity index (χ4v) is 4.02. The average molecular weight is 478 g/mol. The molecule has 0 radical (unpaired) electrons. The van der Waals surface area contributed by atoms with Gasteiger partial charge in [0.25, 0.3) is 15.9 Å². The van der Waals surface area contributed by atoms with Crippen LogP contribution in [-0.2, 0) is 10.0 Å². The van der Waals surface area contributed by atoms with Gasteiger partial charge in [0.15, 0.2) is 0 Å². The number of nitrogens with zero attached hydrogens (tertiary/aromatic N) is 3. The molecule has 0 saturated heterocycles. The Hall–Kier alpha value is -3.80. The first kappa shape index (κ1) is 22.4. The number of aromatic nitrogens is 3. The Morgan fingerprint density at radius 3 is 2.21 bits per heavy atom. The maximum absolute atomic E-state index is 14.1. The Labute approximate surface area is 185 Å². The summed E-state index contributed by atoms with van der Waals surface area (Å²) in [6.07, 6.45) is -5.15. The summed E-state index contributed by atoms with van der Waals surface area (Å²) in [4.78, 5) is 11.0. The van der Waals surface area contributed by atoms with Gasteiger partial charge in [-0.2, -0.15) is 13.2 Å². The minimum atomic E-state index is -4.89. The van der Waals surface area contributed by atoms with Gasteiger partial charge in [-0.3, -0.25) is 9.71 Å². The molecule has 2 aromatic carbocycles. The molecule has 0 spiro atoms. The summed E-state index contributed by atoms with van der Waals surface area (Å²) < 4.78 is 88.2. The molecule has 0 aliphatic carbocycles. The minimum Gasteiger partial charge on any atom is -0.457 e. The molecule has 0 aliphatic heterocycles. The second kappa shape index (κ2) is 8.62. The molecule has 170 valence electrons. The van der Waals surface area contributed by atoms with E-state index < -0.39 is 44.7 Å². The SMILES string of the molecule is O=S(=O)(Nc1nc2ccccc2nc1OC(c1cccnc1)C(F)(F)F)c1ccccc1F. The van der Waals surface area contributed by atoms with Crippen molar-refractivity contribution in [3.05, 3.63) is 84.4 Å². The van der Waals surface area contributed by atoms with Crippen molar-refractivity contribution in [2.45, 2.75) is 17.2 Å². The summed E-state index contributed by atoms with van der Waals surface area (Å²) in [6.45, 7) is 0. The highest BCUT2D eigenvalue weighted by molar-refractivity contribution is 7.92. The maximum atomic E-state index is 14.1. The predicted molar refractivity (Wildman–Crippen MR) is 110 cm³/mol. The van der Waals surface area contributed by atoms with Gasteiger partial charge in [-0.1, -0.05) is 30.3 Å². The van der Waals surface area contributed by atoms with E-state index in [0.29, 0.717) is 0 Å². The van der Waals surface area contributed by atoms with Crippen molar-refractivity contribution < 1.29 is 30.7 Å². The van der Waals surface area contributed by atoms with E-state index >= 15 is 0 Å². The summed E-state index contributed by atoms with van der Waals surface area (Å²) in [6, 6.07) is 13.1. The normalized spacial score (nSPS) is 13.0. The van der Waals surface area contributed by atoms with Gasteiger partial charge in [0.1, 0.15) is 10.7 Å². The molecule has 7 nitrogen and oxygen atoms in total. The van der Waals surface area contributed by atoms with E-state index in [1.165, 1.54) is 36.5 Å². The van der Waals surface area contributed by atoms with Crippen LogP contribution in [-0.4, -0.2) is 29.5 Å². The molecule has 4 rings (SSSR count). The first-order valence-electron chi connectivity index (χ1n) is 9.32. The summed E-state index contributed by atoms with van der Waals surface area (Å²) in [5.41, 5.74) is 0.0114. The fourth-order valence-electron chi connectivity index (χ4n) is 2.94. The van der Waals surface area contributed by atoms with Crippen LogP contribution in [0.2, 0.25) is 0 Å². The number of anilines is 1. The van der Waals surface area contributed by atoms with Gasteiger partial charge in [-0.15, -0.1) is 0 Å². The lowest BCUT2D eigenvalue weighted by Gasteiger charge is -2.22. The van der Waals surface area contributed by atoms with Crippen LogP contribution in [0, 0.1) is 5.82 Å². The van der Waals surface area contributed by atoms with Crippen molar-refractivity contribution >= 4 is 26.9 Å². The van der Waals surface area contributed by atoms with Crippen LogP contribution in [0.25, 0.3) is 11.0 Å². The fraction of sp³-hybridized carbons (Fsp3) is 0.0952. The topological polar surface area (TPSA) is 94.1 Å². The van der Waals surface area contributed by atoms with Crippen LogP contribution in [0.3, 0.4) is 0 Å². The molecule has 1 unspecified atom stereocenters. The summed E-state index contributed by atoms with van der Waals surface area (Å²) in [7, 11) is -4.57. The van der Waals surface area contributed by atoms with Gasteiger partial charge in [-0.05, 0) is 30.3 Å². The van der Waals surface area contributed by atoms with Gasteiger partial charge < -0.3 is 4.74 Å². The molecule has 1 atom stereocenters. The predicted octanol–water partition coefficient (Wildman–Crippen LogP) is 4.65. The van der Waals surface area contributed by atoms with E-state index in [1.54, 1.807) is 12.1 Å². The summed E-state index contributed by atoms with van der Waals surface area (Å²) in [5.74, 6) is -2.42. The molecular weight excluding hydrogens is 464 g/mol. The van der Waals surface area contributed by atoms with E-state index in [4.69, 9.17) is 4.74 Å². The minimum absolute atomic E-state index is 0.161. The zero-order valence-corrected chi connectivity index (χ0v) is 17.3. The molecular formula is C21H14F4N4O3S. The van der Waals surface area contributed by atoms with Crippen molar-refractivity contribution in [3.63, 3.8) is 0 Å². The molecule has 33 heavy (non-hydrogen) atoms. The molecule has 12 heteroatoms. The smallest absolute Gasteiger partial charge is 0.429 e. The molecule has 4 aromatic rings. The number of pyridine rings is 1. The second-order valence-corrected chi connectivity index (χ2v) is 8.38. The van der Waals surface area contributed by atoms with E-state index in [-0.39, 0.29) is 16.6 Å². The maximum Gasteiger partial charge on any atom is 0.429 e. The largest absolute Gasteiger partial charge is 0.457 e. The Kier molecular flexibility index (Phi) is 5.85. The molecule has 0 saturated carbocycles. The van der Waals surface area contributed by atoms with Gasteiger partial charge in [0, 0.05) is 18.0 Å². The zero-order valence-electron chi connectivity index (χ0n) is 16.5. The summed E-state index contributed by atoms with van der Waals surface area (Å²) in [5, 5.41) is 0. The molecule has 0 aliphatic rings. The van der Waals surface area contributed by atoms with Gasteiger partial charge in [0.2, 0.25) is 11.9 Å². The van der Waals surface area contributed by atoms with Crippen molar-refractivity contribution in [1.29, 1.82) is 0 Å². The highest BCUT2D eigenvalue weighted by Crippen LogP contribution is 2.38. The van der Waals surface area contributed by atoms with Crippen LogP contribution in [0.4, 0.5) is 23.4 Å². The van der Waals surface area contributed by atoms with Crippen molar-refractivity contribution in [2.75, 3.05) is 4.72 Å². The Bertz CT molecular complexity index is 1400. The number of hydrogen-bond acceptors (Lipinski definition) is 6. The molecule has 0 bridgehead atoms. The van der Waals surface area contributed by atoms with Gasteiger partial charge >= 0.3 is 6.18 Å². The number of para-hydroxylation sites is 2. The Morgan fingerprint density at radius 1 is 0.909 bits per heavy atom. The van der Waals surface area contributed by atoms with Gasteiger partial charge in [0.05, 0.1) is 11.0 Å². The molecule has 2 aromatic heterocycles. The van der Waals surface area contributed by atoms with Crippen LogP contribution >= 0.6 is 0 Å². The Balaban J connectivity index is 1.82. The summed E-state index contributed by atoms with van der Waals surface area (Å²) >= 11 is 0. The number of halogens is 4. The number of sulfonamides is 1. The molecule has 1 N–H and O–H groups in total. The Morgan fingerprint density at radius 2 is 1.58 bits per heavy atom. The van der Waals surface area contributed by atoms with Crippen molar-refractivity contribution in [3.8, 4) is 5.88 Å². The van der Waals surface area contributed by atoms with Crippen LogP contribution in [0.15, 0.2) is 78.0 Å². The lowest BCUT2D eigenvalue weighted by Crippen LogP contribution is -2.27. The number of ether oxygens (including phenoxy) is 1. The van der Waals surface area contributed by atoms with E-state index in [9.17, 15) is 26.0 Å². The van der Waals surface area contributed by atoms with Crippen molar-refractivity contribution in [2.24, 2.45) is 0 Å². The monoisotopic (exact) mass is 478 g/mol. The number of nitrogens with one attached hydrogen (secondary N) is 1. The third-order valence-electron chi connectivity index (χ3n) is 4.41. The average Bonchev–Trinajstić information content (AvgIpc) is 2.77. The second-order valence-electron chi connectivity index (χ2n) is 6.73.